The lowest BCUT2D eigenvalue weighted by molar-refractivity contribution is 0.202. The SMILES string of the molecule is CCOc1ccc(-c2noc(C3=C(C)N(CCC(C)C)C(=O)NC3c3ccc(OC)cc3)n2)cc1. The number of carbonyl (C=O) groups excluding carboxylic acids is 1. The van der Waals surface area contributed by atoms with Crippen LogP contribution in [0.5, 0.6) is 11.5 Å². The Labute approximate surface area is 205 Å². The highest BCUT2D eigenvalue weighted by Gasteiger charge is 2.35. The van der Waals surface area contributed by atoms with E-state index in [2.05, 4.69) is 24.3 Å². The zero-order chi connectivity index (χ0) is 24.9. The van der Waals surface area contributed by atoms with Gasteiger partial charge in [-0.3, -0.25) is 4.90 Å². The summed E-state index contributed by atoms with van der Waals surface area (Å²) in [6.07, 6.45) is 0.881. The van der Waals surface area contributed by atoms with Crippen LogP contribution >= 0.6 is 0 Å². The molecule has 184 valence electrons. The van der Waals surface area contributed by atoms with Gasteiger partial charge in [-0.2, -0.15) is 4.98 Å². The predicted octanol–water partition coefficient (Wildman–Crippen LogP) is 5.69. The van der Waals surface area contributed by atoms with E-state index in [1.807, 2.05) is 62.4 Å². The zero-order valence-corrected chi connectivity index (χ0v) is 20.9. The first-order valence-corrected chi connectivity index (χ1v) is 11.9. The molecule has 1 N–H and O–H groups in total. The Kier molecular flexibility index (Phi) is 7.39. The van der Waals surface area contributed by atoms with E-state index in [1.54, 1.807) is 12.0 Å². The van der Waals surface area contributed by atoms with Crippen molar-refractivity contribution in [3.05, 3.63) is 65.7 Å². The van der Waals surface area contributed by atoms with Crippen LogP contribution in [0.1, 0.15) is 51.6 Å². The number of nitrogens with one attached hydrogen (secondary N) is 1. The molecule has 1 aliphatic heterocycles. The number of amides is 2. The first kappa shape index (κ1) is 24.3. The standard InChI is InChI=1S/C27H32N4O4/c1-6-34-22-13-9-20(10-14-22)25-29-26(35-30-25)23-18(4)31(16-15-17(2)3)27(32)28-24(23)19-7-11-21(33-5)12-8-19/h7-14,17,24H,6,15-16H2,1-5H3,(H,28,32). The quantitative estimate of drug-likeness (QED) is 0.427. The van der Waals surface area contributed by atoms with Gasteiger partial charge in [0.05, 0.1) is 25.3 Å². The molecule has 0 bridgehead atoms. The van der Waals surface area contributed by atoms with Crippen LogP contribution in [-0.4, -0.2) is 41.3 Å². The van der Waals surface area contributed by atoms with Crippen molar-refractivity contribution in [2.45, 2.75) is 40.2 Å². The number of benzene rings is 2. The number of hydrogen-bond acceptors (Lipinski definition) is 6. The second-order valence-corrected chi connectivity index (χ2v) is 8.87. The third-order valence-corrected chi connectivity index (χ3v) is 6.06. The van der Waals surface area contributed by atoms with Gasteiger partial charge < -0.3 is 19.3 Å². The number of hydrogen-bond donors (Lipinski definition) is 1. The summed E-state index contributed by atoms with van der Waals surface area (Å²) >= 11 is 0. The molecule has 2 amide bonds. The van der Waals surface area contributed by atoms with E-state index in [0.717, 1.165) is 40.3 Å². The maximum Gasteiger partial charge on any atom is 0.322 e. The molecule has 4 rings (SSSR count). The largest absolute Gasteiger partial charge is 0.497 e. The van der Waals surface area contributed by atoms with E-state index >= 15 is 0 Å². The van der Waals surface area contributed by atoms with Crippen molar-refractivity contribution < 1.29 is 18.8 Å². The molecule has 2 aromatic carbocycles. The second kappa shape index (κ2) is 10.6. The average molecular weight is 477 g/mol. The van der Waals surface area contributed by atoms with Gasteiger partial charge in [0, 0.05) is 17.8 Å². The third-order valence-electron chi connectivity index (χ3n) is 6.06. The fourth-order valence-electron chi connectivity index (χ4n) is 4.08. The Morgan fingerprint density at radius 1 is 1.09 bits per heavy atom. The predicted molar refractivity (Wildman–Crippen MR) is 134 cm³/mol. The molecule has 0 saturated heterocycles. The van der Waals surface area contributed by atoms with Crippen LogP contribution in [0.25, 0.3) is 17.0 Å². The minimum atomic E-state index is -0.433. The molecule has 1 unspecified atom stereocenters. The number of carbonyl (C=O) groups is 1. The topological polar surface area (TPSA) is 89.7 Å². The van der Waals surface area contributed by atoms with Gasteiger partial charge in [0.25, 0.3) is 5.89 Å². The fraction of sp³-hybridized carbons (Fsp3) is 0.370. The van der Waals surface area contributed by atoms with Gasteiger partial charge >= 0.3 is 6.03 Å². The molecule has 1 aromatic heterocycles. The van der Waals surface area contributed by atoms with Gasteiger partial charge in [0.2, 0.25) is 5.82 Å². The molecule has 0 radical (unpaired) electrons. The van der Waals surface area contributed by atoms with Crippen molar-refractivity contribution >= 4 is 11.6 Å². The minimum absolute atomic E-state index is 0.140. The van der Waals surface area contributed by atoms with E-state index in [9.17, 15) is 4.79 Å². The van der Waals surface area contributed by atoms with Crippen LogP contribution in [0.15, 0.2) is 58.8 Å². The highest BCUT2D eigenvalue weighted by Crippen LogP contribution is 2.38. The Morgan fingerprint density at radius 2 is 1.77 bits per heavy atom. The smallest absolute Gasteiger partial charge is 0.322 e. The van der Waals surface area contributed by atoms with Gasteiger partial charge in [-0.25, -0.2) is 4.79 Å². The molecule has 8 nitrogen and oxygen atoms in total. The lowest BCUT2D eigenvalue weighted by Crippen LogP contribution is -2.46. The summed E-state index contributed by atoms with van der Waals surface area (Å²) in [6, 6.07) is 14.6. The van der Waals surface area contributed by atoms with Crippen LogP contribution < -0.4 is 14.8 Å². The minimum Gasteiger partial charge on any atom is -0.497 e. The molecule has 0 aliphatic carbocycles. The number of ether oxygens (including phenoxy) is 2. The molecule has 35 heavy (non-hydrogen) atoms. The average Bonchev–Trinajstić information content (AvgIpc) is 3.34. The highest BCUT2D eigenvalue weighted by atomic mass is 16.5. The molecule has 1 atom stereocenters. The third kappa shape index (κ3) is 5.31. The highest BCUT2D eigenvalue weighted by molar-refractivity contribution is 5.86. The molecule has 0 fully saturated rings. The number of methoxy groups -OCH3 is 1. The summed E-state index contributed by atoms with van der Waals surface area (Å²) in [5, 5.41) is 7.37. The Balaban J connectivity index is 1.73. The first-order chi connectivity index (χ1) is 16.9. The Hall–Kier alpha value is -3.81. The maximum atomic E-state index is 13.1. The van der Waals surface area contributed by atoms with Crippen molar-refractivity contribution in [3.63, 3.8) is 0 Å². The Bertz CT molecular complexity index is 1180. The number of aromatic nitrogens is 2. The molecule has 2 heterocycles. The van der Waals surface area contributed by atoms with Gasteiger partial charge in [-0.1, -0.05) is 31.1 Å². The van der Waals surface area contributed by atoms with Gasteiger partial charge in [-0.05, 0) is 68.1 Å². The molecule has 1 aliphatic rings. The van der Waals surface area contributed by atoms with E-state index < -0.39 is 6.04 Å². The number of allylic oxidation sites excluding steroid dienone is 1. The molecule has 3 aromatic rings. The van der Waals surface area contributed by atoms with E-state index in [4.69, 9.17) is 19.0 Å². The summed E-state index contributed by atoms with van der Waals surface area (Å²) in [7, 11) is 1.63. The van der Waals surface area contributed by atoms with Crippen LogP contribution in [0, 0.1) is 5.92 Å². The monoisotopic (exact) mass is 476 g/mol. The van der Waals surface area contributed by atoms with Crippen molar-refractivity contribution in [2.24, 2.45) is 5.92 Å². The fourth-order valence-corrected chi connectivity index (χ4v) is 4.08. The van der Waals surface area contributed by atoms with Crippen LogP contribution in [0.3, 0.4) is 0 Å². The molecule has 0 saturated carbocycles. The summed E-state index contributed by atoms with van der Waals surface area (Å²) < 4.78 is 16.6. The lowest BCUT2D eigenvalue weighted by Gasteiger charge is -2.35. The number of nitrogens with zero attached hydrogens (tertiary/aromatic N) is 3. The number of urea groups is 1. The van der Waals surface area contributed by atoms with Gasteiger partial charge in [0.1, 0.15) is 11.5 Å². The van der Waals surface area contributed by atoms with Crippen LogP contribution in [0.4, 0.5) is 4.79 Å². The van der Waals surface area contributed by atoms with Gasteiger partial charge in [0.15, 0.2) is 0 Å². The normalized spacial score (nSPS) is 16.0. The molecular formula is C27H32N4O4. The van der Waals surface area contributed by atoms with E-state index in [-0.39, 0.29) is 6.03 Å². The van der Waals surface area contributed by atoms with E-state index in [1.165, 1.54) is 0 Å². The second-order valence-electron chi connectivity index (χ2n) is 8.87. The first-order valence-electron chi connectivity index (χ1n) is 11.9. The van der Waals surface area contributed by atoms with Crippen LogP contribution in [0.2, 0.25) is 0 Å². The summed E-state index contributed by atoms with van der Waals surface area (Å²) in [6.45, 7) is 9.37. The Morgan fingerprint density at radius 3 is 2.40 bits per heavy atom. The number of rotatable bonds is 9. The summed E-state index contributed by atoms with van der Waals surface area (Å²) in [4.78, 5) is 19.6. The van der Waals surface area contributed by atoms with Crippen molar-refractivity contribution in [3.8, 4) is 22.9 Å². The summed E-state index contributed by atoms with van der Waals surface area (Å²) in [5.74, 6) is 2.85. The molecular weight excluding hydrogens is 444 g/mol. The lowest BCUT2D eigenvalue weighted by atomic mass is 9.94. The molecule has 0 spiro atoms. The van der Waals surface area contributed by atoms with Crippen LogP contribution in [-0.2, 0) is 0 Å². The van der Waals surface area contributed by atoms with E-state index in [0.29, 0.717) is 30.8 Å². The van der Waals surface area contributed by atoms with Gasteiger partial charge in [-0.15, -0.1) is 0 Å². The van der Waals surface area contributed by atoms with Crippen molar-refractivity contribution in [1.29, 1.82) is 0 Å². The summed E-state index contributed by atoms with van der Waals surface area (Å²) in [5.41, 5.74) is 3.30. The van der Waals surface area contributed by atoms with Crippen molar-refractivity contribution in [2.75, 3.05) is 20.3 Å². The zero-order valence-electron chi connectivity index (χ0n) is 20.9. The maximum absolute atomic E-state index is 13.1. The van der Waals surface area contributed by atoms with Crippen molar-refractivity contribution in [1.82, 2.24) is 20.4 Å². The molecule has 8 heteroatoms.